The molecule has 2 nitrogen and oxygen atoms in total. The maximum absolute atomic E-state index is 8.97. The largest absolute Gasteiger partial charge is 0.379 e. The number of hydrogen-bond acceptors (Lipinski definition) is 2. The van der Waals surface area contributed by atoms with Gasteiger partial charge in [0.25, 0.3) is 0 Å². The van der Waals surface area contributed by atoms with Gasteiger partial charge < -0.3 is 5.11 Å². The van der Waals surface area contributed by atoms with Crippen LogP contribution in [0.15, 0.2) is 18.2 Å². The quantitative estimate of drug-likeness (QED) is 0.815. The first-order valence-electron chi connectivity index (χ1n) is 3.95. The van der Waals surface area contributed by atoms with Crippen LogP contribution in [-0.4, -0.2) is 11.3 Å². The van der Waals surface area contributed by atoms with Crippen molar-refractivity contribution in [1.82, 2.24) is 5.32 Å². The zero-order chi connectivity index (χ0) is 9.84. The van der Waals surface area contributed by atoms with Crippen LogP contribution in [0.2, 0.25) is 10.0 Å². The summed E-state index contributed by atoms with van der Waals surface area (Å²) >= 11 is 11.5. The van der Waals surface area contributed by atoms with Gasteiger partial charge in [-0.3, -0.25) is 5.32 Å². The maximum Gasteiger partial charge on any atom is 0.102 e. The highest BCUT2D eigenvalue weighted by Crippen LogP contribution is 2.22. The molecule has 0 heterocycles. The van der Waals surface area contributed by atoms with Crippen LogP contribution < -0.4 is 5.32 Å². The van der Waals surface area contributed by atoms with Crippen molar-refractivity contribution < 1.29 is 5.11 Å². The zero-order valence-corrected chi connectivity index (χ0v) is 9.96. The fourth-order valence-corrected chi connectivity index (χ4v) is 1.24. The van der Waals surface area contributed by atoms with Crippen LogP contribution in [0.4, 0.5) is 0 Å². The SMILES string of the molecule is CC(O)NCc1ccc(Cl)c(Cl)c1.Cl. The average Bonchev–Trinajstić information content (AvgIpc) is 2.07. The van der Waals surface area contributed by atoms with Crippen molar-refractivity contribution in [3.63, 3.8) is 0 Å². The predicted molar refractivity (Wildman–Crippen MR) is 62.2 cm³/mol. The van der Waals surface area contributed by atoms with Crippen LogP contribution >= 0.6 is 35.6 Å². The fraction of sp³-hybridized carbons (Fsp3) is 0.333. The molecule has 1 aromatic rings. The Kier molecular flexibility index (Phi) is 6.49. The number of hydrogen-bond donors (Lipinski definition) is 2. The van der Waals surface area contributed by atoms with Crippen LogP contribution in [0.5, 0.6) is 0 Å². The van der Waals surface area contributed by atoms with E-state index in [0.29, 0.717) is 16.6 Å². The molecule has 2 N–H and O–H groups in total. The van der Waals surface area contributed by atoms with Crippen LogP contribution in [0, 0.1) is 0 Å². The van der Waals surface area contributed by atoms with Crippen molar-refractivity contribution in [3.05, 3.63) is 33.8 Å². The summed E-state index contributed by atoms with van der Waals surface area (Å²) in [7, 11) is 0. The molecule has 0 radical (unpaired) electrons. The lowest BCUT2D eigenvalue weighted by atomic mass is 10.2. The van der Waals surface area contributed by atoms with Gasteiger partial charge in [-0.1, -0.05) is 29.3 Å². The number of aliphatic hydroxyl groups is 1. The van der Waals surface area contributed by atoms with Crippen LogP contribution in [0.1, 0.15) is 12.5 Å². The molecular weight excluding hydrogens is 244 g/mol. The van der Waals surface area contributed by atoms with Crippen molar-refractivity contribution in [3.8, 4) is 0 Å². The van der Waals surface area contributed by atoms with Crippen LogP contribution in [0.25, 0.3) is 0 Å². The number of aliphatic hydroxyl groups excluding tert-OH is 1. The normalized spacial score (nSPS) is 12.0. The van der Waals surface area contributed by atoms with E-state index in [0.717, 1.165) is 5.56 Å². The molecule has 1 rings (SSSR count). The average molecular weight is 257 g/mol. The highest BCUT2D eigenvalue weighted by Gasteiger charge is 2.00. The molecular formula is C9H12Cl3NO. The summed E-state index contributed by atoms with van der Waals surface area (Å²) in [6.07, 6.45) is -0.519. The van der Waals surface area contributed by atoms with Gasteiger partial charge in [0.05, 0.1) is 10.0 Å². The molecule has 1 unspecified atom stereocenters. The Morgan fingerprint density at radius 1 is 1.36 bits per heavy atom. The minimum absolute atomic E-state index is 0. The molecule has 0 aliphatic heterocycles. The topological polar surface area (TPSA) is 32.3 Å². The highest BCUT2D eigenvalue weighted by atomic mass is 35.5. The van der Waals surface area contributed by atoms with Crippen LogP contribution in [0.3, 0.4) is 0 Å². The van der Waals surface area contributed by atoms with Crippen molar-refractivity contribution in [2.75, 3.05) is 0 Å². The van der Waals surface area contributed by atoms with E-state index in [1.807, 2.05) is 6.07 Å². The number of halogens is 3. The van der Waals surface area contributed by atoms with Gasteiger partial charge in [-0.15, -0.1) is 12.4 Å². The van der Waals surface area contributed by atoms with E-state index in [9.17, 15) is 0 Å². The second kappa shape index (κ2) is 6.49. The smallest absolute Gasteiger partial charge is 0.102 e. The van der Waals surface area contributed by atoms with Crippen molar-refractivity contribution in [2.24, 2.45) is 0 Å². The third kappa shape index (κ3) is 4.49. The first kappa shape index (κ1) is 14.0. The van der Waals surface area contributed by atoms with E-state index >= 15 is 0 Å². The molecule has 0 aliphatic rings. The molecule has 0 aliphatic carbocycles. The van der Waals surface area contributed by atoms with Crippen molar-refractivity contribution in [2.45, 2.75) is 19.7 Å². The summed E-state index contributed by atoms with van der Waals surface area (Å²) in [4.78, 5) is 0. The molecule has 14 heavy (non-hydrogen) atoms. The van der Waals surface area contributed by atoms with E-state index in [2.05, 4.69) is 5.32 Å². The molecule has 1 atom stereocenters. The van der Waals surface area contributed by atoms with Gasteiger partial charge in [-0.2, -0.15) is 0 Å². The van der Waals surface area contributed by atoms with Crippen molar-refractivity contribution >= 4 is 35.6 Å². The first-order chi connectivity index (χ1) is 6.09. The summed E-state index contributed by atoms with van der Waals surface area (Å²) in [5.41, 5.74) is 0.996. The summed E-state index contributed by atoms with van der Waals surface area (Å²) in [5, 5.41) is 12.9. The van der Waals surface area contributed by atoms with Crippen molar-refractivity contribution in [1.29, 1.82) is 0 Å². The fourth-order valence-electron chi connectivity index (χ4n) is 0.915. The van der Waals surface area contributed by atoms with E-state index in [1.165, 1.54) is 0 Å². The Labute approximate surface area is 99.6 Å². The molecule has 1 aromatic carbocycles. The van der Waals surface area contributed by atoms with Crippen LogP contribution in [-0.2, 0) is 6.54 Å². The first-order valence-corrected chi connectivity index (χ1v) is 4.70. The standard InChI is InChI=1S/C9H11Cl2NO.ClH/c1-6(13)12-5-7-2-3-8(10)9(11)4-7;/h2-4,6,12-13H,5H2,1H3;1H. The summed E-state index contributed by atoms with van der Waals surface area (Å²) < 4.78 is 0. The number of nitrogens with one attached hydrogen (secondary N) is 1. The van der Waals surface area contributed by atoms with Gasteiger partial charge in [0, 0.05) is 6.54 Å². The summed E-state index contributed by atoms with van der Waals surface area (Å²) in [6, 6.07) is 5.38. The Hall–Kier alpha value is 0.01000. The minimum Gasteiger partial charge on any atom is -0.379 e. The summed E-state index contributed by atoms with van der Waals surface area (Å²) in [5.74, 6) is 0. The molecule has 0 bridgehead atoms. The lowest BCUT2D eigenvalue weighted by Gasteiger charge is -2.07. The monoisotopic (exact) mass is 255 g/mol. The molecule has 0 spiro atoms. The Balaban J connectivity index is 0.00000169. The van der Waals surface area contributed by atoms with Gasteiger partial charge in [-0.25, -0.2) is 0 Å². The molecule has 80 valence electrons. The van der Waals surface area contributed by atoms with E-state index in [1.54, 1.807) is 19.1 Å². The minimum atomic E-state index is -0.519. The van der Waals surface area contributed by atoms with Gasteiger partial charge in [0.2, 0.25) is 0 Å². The lowest BCUT2D eigenvalue weighted by molar-refractivity contribution is 0.155. The number of benzene rings is 1. The zero-order valence-electron chi connectivity index (χ0n) is 7.63. The van der Waals surface area contributed by atoms with Gasteiger partial charge in [-0.05, 0) is 24.6 Å². The molecule has 5 heteroatoms. The van der Waals surface area contributed by atoms with Gasteiger partial charge >= 0.3 is 0 Å². The maximum atomic E-state index is 8.97. The van der Waals surface area contributed by atoms with E-state index < -0.39 is 6.23 Å². The molecule has 0 fully saturated rings. The molecule has 0 saturated carbocycles. The highest BCUT2D eigenvalue weighted by molar-refractivity contribution is 6.42. The van der Waals surface area contributed by atoms with E-state index in [-0.39, 0.29) is 12.4 Å². The van der Waals surface area contributed by atoms with E-state index in [4.69, 9.17) is 28.3 Å². The number of rotatable bonds is 3. The second-order valence-electron chi connectivity index (χ2n) is 2.81. The van der Waals surface area contributed by atoms with Gasteiger partial charge in [0.1, 0.15) is 6.23 Å². The third-order valence-electron chi connectivity index (χ3n) is 1.59. The molecule has 0 amide bonds. The molecule has 0 saturated heterocycles. The third-order valence-corrected chi connectivity index (χ3v) is 2.32. The Bertz CT molecular complexity index is 291. The Morgan fingerprint density at radius 3 is 2.50 bits per heavy atom. The summed E-state index contributed by atoms with van der Waals surface area (Å²) in [6.45, 7) is 2.24. The molecule has 0 aromatic heterocycles. The second-order valence-corrected chi connectivity index (χ2v) is 3.62. The Morgan fingerprint density at radius 2 is 2.00 bits per heavy atom. The lowest BCUT2D eigenvalue weighted by Crippen LogP contribution is -2.24. The van der Waals surface area contributed by atoms with Gasteiger partial charge in [0.15, 0.2) is 0 Å². The predicted octanol–water partition coefficient (Wildman–Crippen LogP) is 2.84.